The quantitative estimate of drug-likeness (QED) is 0.220. The predicted octanol–water partition coefficient (Wildman–Crippen LogP) is 6.33. The summed E-state index contributed by atoms with van der Waals surface area (Å²) < 4.78 is 37.9. The van der Waals surface area contributed by atoms with Crippen LogP contribution in [0.4, 0.5) is 0 Å². The van der Waals surface area contributed by atoms with E-state index in [1.54, 1.807) is 0 Å². The lowest BCUT2D eigenvalue weighted by atomic mass is 9.75. The maximum Gasteiger partial charge on any atom is 0.303 e. The van der Waals surface area contributed by atoms with Gasteiger partial charge in [-0.05, 0) is 120 Å². The molecule has 0 amide bonds. The number of halogens is 1. The van der Waals surface area contributed by atoms with Crippen LogP contribution < -0.4 is 0 Å². The Morgan fingerprint density at radius 1 is 0.864 bits per heavy atom. The number of ether oxygens (including phenoxy) is 6. The second kappa shape index (κ2) is 12.7. The van der Waals surface area contributed by atoms with E-state index in [9.17, 15) is 14.7 Å². The highest BCUT2D eigenvalue weighted by Gasteiger charge is 2.56. The van der Waals surface area contributed by atoms with Crippen LogP contribution >= 0.6 is 15.9 Å². The van der Waals surface area contributed by atoms with Gasteiger partial charge in [-0.15, -0.1) is 0 Å². The summed E-state index contributed by atoms with van der Waals surface area (Å²) in [5.74, 6) is -0.763. The van der Waals surface area contributed by atoms with Gasteiger partial charge in [0.05, 0.1) is 46.8 Å². The number of fused-ring (bicyclic) bond motifs is 1. The molecule has 254 valence electrons. The zero-order valence-corrected chi connectivity index (χ0v) is 30.2. The number of aliphatic hydroxyl groups is 1. The van der Waals surface area contributed by atoms with Crippen molar-refractivity contribution in [2.45, 2.75) is 202 Å². The summed E-state index contributed by atoms with van der Waals surface area (Å²) in [7, 11) is 0. The Balaban J connectivity index is 1.38. The van der Waals surface area contributed by atoms with Crippen molar-refractivity contribution in [3.8, 4) is 0 Å². The van der Waals surface area contributed by atoms with Gasteiger partial charge in [0.1, 0.15) is 17.3 Å². The van der Waals surface area contributed by atoms with Gasteiger partial charge in [-0.1, -0.05) is 15.9 Å². The van der Waals surface area contributed by atoms with E-state index >= 15 is 0 Å². The standard InChI is InChI=1S/C34H57BrO9/c1-21(36)39-27(33(9)19-15-24(42-33)30(5,6)41-22(2)37)14-17-31(7,38)25-11-12-26-32(8,43-25)20-16-28(40-26)34(10)18-13-23(35)29(3,4)44-34/h23-28,38H,11-20H2,1-10H3/t23?,24-,25?,26+,27-,28+,31+,32-,33-,34-/m1/s1. The first-order valence-corrected chi connectivity index (χ1v) is 17.5. The molecule has 2 unspecified atom stereocenters. The molecule has 0 aromatic heterocycles. The third-order valence-corrected chi connectivity index (χ3v) is 12.5. The fraction of sp³-hybridized carbons (Fsp3) is 0.941. The topological polar surface area (TPSA) is 110 Å². The normalized spacial score (nSPS) is 41.2. The van der Waals surface area contributed by atoms with Crippen molar-refractivity contribution in [2.24, 2.45) is 0 Å². The van der Waals surface area contributed by atoms with Crippen LogP contribution in [-0.4, -0.2) is 86.0 Å². The van der Waals surface area contributed by atoms with Gasteiger partial charge in [-0.3, -0.25) is 9.59 Å². The molecule has 1 N–H and O–H groups in total. The minimum absolute atomic E-state index is 0.00759. The molecule has 0 saturated carbocycles. The van der Waals surface area contributed by atoms with Crippen molar-refractivity contribution in [2.75, 3.05) is 0 Å². The first-order valence-electron chi connectivity index (χ1n) is 16.6. The molecule has 10 heteroatoms. The highest BCUT2D eigenvalue weighted by Crippen LogP contribution is 2.49. The molecule has 4 aliphatic heterocycles. The summed E-state index contributed by atoms with van der Waals surface area (Å²) in [5, 5.41) is 11.8. The van der Waals surface area contributed by atoms with Crippen molar-refractivity contribution >= 4 is 27.9 Å². The molecule has 4 aliphatic rings. The average molecular weight is 690 g/mol. The Morgan fingerprint density at radius 2 is 1.50 bits per heavy atom. The summed E-state index contributed by atoms with van der Waals surface area (Å²) in [4.78, 5) is 24.1. The van der Waals surface area contributed by atoms with E-state index < -0.39 is 34.5 Å². The van der Waals surface area contributed by atoms with Gasteiger partial charge >= 0.3 is 11.9 Å². The fourth-order valence-electron chi connectivity index (χ4n) is 8.07. The third kappa shape index (κ3) is 7.67. The predicted molar refractivity (Wildman–Crippen MR) is 170 cm³/mol. The molecule has 0 spiro atoms. The van der Waals surface area contributed by atoms with E-state index in [0.29, 0.717) is 36.9 Å². The van der Waals surface area contributed by atoms with Gasteiger partial charge in [0.2, 0.25) is 0 Å². The molecular formula is C34H57BrO9. The summed E-state index contributed by atoms with van der Waals surface area (Å²) in [6.45, 7) is 18.8. The van der Waals surface area contributed by atoms with Crippen LogP contribution in [0.2, 0.25) is 0 Å². The van der Waals surface area contributed by atoms with Crippen molar-refractivity contribution in [1.29, 1.82) is 0 Å². The molecule has 44 heavy (non-hydrogen) atoms. The molecule has 0 bridgehead atoms. The van der Waals surface area contributed by atoms with Crippen molar-refractivity contribution in [3.63, 3.8) is 0 Å². The number of esters is 2. The minimum atomic E-state index is -1.15. The van der Waals surface area contributed by atoms with Crippen LogP contribution in [0.25, 0.3) is 0 Å². The fourth-order valence-corrected chi connectivity index (χ4v) is 8.39. The Bertz CT molecular complexity index is 1060. The van der Waals surface area contributed by atoms with E-state index in [1.165, 1.54) is 13.8 Å². The van der Waals surface area contributed by atoms with Crippen LogP contribution in [-0.2, 0) is 38.0 Å². The Hall–Kier alpha value is -0.780. The Labute approximate surface area is 272 Å². The van der Waals surface area contributed by atoms with Crippen LogP contribution in [0.1, 0.15) is 133 Å². The summed E-state index contributed by atoms with van der Waals surface area (Å²) in [6.07, 6.45) is 5.78. The van der Waals surface area contributed by atoms with Gasteiger partial charge in [0.15, 0.2) is 0 Å². The smallest absolute Gasteiger partial charge is 0.303 e. The van der Waals surface area contributed by atoms with Crippen molar-refractivity contribution < 1.29 is 43.1 Å². The third-order valence-electron chi connectivity index (χ3n) is 10.9. The van der Waals surface area contributed by atoms with Crippen LogP contribution in [0.3, 0.4) is 0 Å². The lowest BCUT2D eigenvalue weighted by Gasteiger charge is -2.56. The van der Waals surface area contributed by atoms with Gasteiger partial charge in [-0.2, -0.15) is 0 Å². The van der Waals surface area contributed by atoms with Gasteiger partial charge in [-0.25, -0.2) is 0 Å². The van der Waals surface area contributed by atoms with Crippen LogP contribution in [0.15, 0.2) is 0 Å². The Morgan fingerprint density at radius 3 is 2.11 bits per heavy atom. The molecule has 0 aromatic carbocycles. The molecule has 4 rings (SSSR count). The second-order valence-corrected chi connectivity index (χ2v) is 16.9. The molecule has 4 fully saturated rings. The molecule has 0 aromatic rings. The molecule has 10 atom stereocenters. The largest absolute Gasteiger partial charge is 0.459 e. The zero-order valence-electron chi connectivity index (χ0n) is 28.6. The maximum atomic E-state index is 12.2. The van der Waals surface area contributed by atoms with Crippen molar-refractivity contribution in [1.82, 2.24) is 0 Å². The second-order valence-electron chi connectivity index (χ2n) is 15.8. The van der Waals surface area contributed by atoms with E-state index in [2.05, 4.69) is 43.6 Å². The number of alkyl halides is 1. The minimum Gasteiger partial charge on any atom is -0.459 e. The van der Waals surface area contributed by atoms with E-state index in [4.69, 9.17) is 28.4 Å². The van der Waals surface area contributed by atoms with Crippen LogP contribution in [0, 0.1) is 0 Å². The number of hydrogen-bond donors (Lipinski definition) is 1. The van der Waals surface area contributed by atoms with Gasteiger partial charge < -0.3 is 33.5 Å². The molecular weight excluding hydrogens is 632 g/mol. The Kier molecular flexibility index (Phi) is 10.4. The molecule has 4 heterocycles. The number of rotatable bonds is 9. The van der Waals surface area contributed by atoms with Gasteiger partial charge in [0.25, 0.3) is 0 Å². The van der Waals surface area contributed by atoms with E-state index in [-0.39, 0.29) is 41.6 Å². The van der Waals surface area contributed by atoms with Crippen LogP contribution in [0.5, 0.6) is 0 Å². The highest BCUT2D eigenvalue weighted by atomic mass is 79.9. The van der Waals surface area contributed by atoms with E-state index in [0.717, 1.165) is 32.1 Å². The zero-order chi connectivity index (χ0) is 32.9. The highest BCUT2D eigenvalue weighted by molar-refractivity contribution is 9.09. The first kappa shape index (κ1) is 36.1. The lowest BCUT2D eigenvalue weighted by Crippen LogP contribution is -2.63. The first-order chi connectivity index (χ1) is 20.1. The monoisotopic (exact) mass is 688 g/mol. The lowest BCUT2D eigenvalue weighted by molar-refractivity contribution is -0.301. The molecule has 9 nitrogen and oxygen atoms in total. The molecule has 0 radical (unpaired) electrons. The average Bonchev–Trinajstić information content (AvgIpc) is 3.31. The number of hydrogen-bond acceptors (Lipinski definition) is 9. The van der Waals surface area contributed by atoms with Crippen molar-refractivity contribution in [3.05, 3.63) is 0 Å². The van der Waals surface area contributed by atoms with Gasteiger partial charge in [0, 0.05) is 18.7 Å². The summed E-state index contributed by atoms with van der Waals surface area (Å²) in [6, 6.07) is 0. The summed E-state index contributed by atoms with van der Waals surface area (Å²) >= 11 is 3.79. The number of carbonyl (C=O) groups is 2. The summed E-state index contributed by atoms with van der Waals surface area (Å²) in [5.41, 5.74) is -3.87. The SMILES string of the molecule is CC(=O)O[C@H](CC[C@](C)(O)C1CC[C@@H]2O[C@H]([C@@]3(C)CCC(Br)C(C)(C)O3)CC[C@@]2(C)O1)[C@@]1(C)CC[C@H](C(C)(C)OC(C)=O)O1. The molecule has 4 saturated heterocycles. The maximum absolute atomic E-state index is 12.2. The number of carbonyl (C=O) groups excluding carboxylic acids is 2. The molecule has 0 aliphatic carbocycles. The van der Waals surface area contributed by atoms with E-state index in [1.807, 2.05) is 27.7 Å².